The maximum atomic E-state index is 9.70. The molecule has 3 aromatic rings. The Balaban J connectivity index is 2.22. The van der Waals surface area contributed by atoms with E-state index in [0.29, 0.717) is 0 Å². The Labute approximate surface area is 135 Å². The minimum atomic E-state index is -0.0441. The highest BCUT2D eigenvalue weighted by Crippen LogP contribution is 2.36. The molecule has 1 aromatic heterocycles. The number of hydrogen-bond donors (Lipinski definition) is 2. The van der Waals surface area contributed by atoms with Gasteiger partial charge in [-0.1, -0.05) is 18.2 Å². The van der Waals surface area contributed by atoms with Crippen molar-refractivity contribution < 1.29 is 10.2 Å². The summed E-state index contributed by atoms with van der Waals surface area (Å²) < 4.78 is 0. The summed E-state index contributed by atoms with van der Waals surface area (Å²) in [6.07, 6.45) is 1.79. The topological polar surface area (TPSA) is 53.4 Å². The average molecular weight is 305 g/mol. The standard InChI is InChI=1S/C20H19NO2/c1-13-11-15(22)6-8-17(13)20(19-5-3-4-10-21-19)18-9-7-16(23)12-14(18)2/h3-12,20,22-23H,1-2H3. The van der Waals surface area contributed by atoms with Crippen LogP contribution in [0, 0.1) is 13.8 Å². The van der Waals surface area contributed by atoms with E-state index in [9.17, 15) is 10.2 Å². The first-order valence-corrected chi connectivity index (χ1v) is 7.56. The number of aromatic hydroxyl groups is 2. The number of hydrogen-bond acceptors (Lipinski definition) is 3. The second kappa shape index (κ2) is 6.13. The van der Waals surface area contributed by atoms with Crippen molar-refractivity contribution in [3.05, 3.63) is 88.7 Å². The SMILES string of the molecule is Cc1cc(O)ccc1C(c1ccccn1)c1ccc(O)cc1C. The molecule has 0 amide bonds. The van der Waals surface area contributed by atoms with Crippen molar-refractivity contribution in [2.45, 2.75) is 19.8 Å². The van der Waals surface area contributed by atoms with E-state index in [2.05, 4.69) is 4.98 Å². The van der Waals surface area contributed by atoms with Crippen molar-refractivity contribution in [1.29, 1.82) is 0 Å². The predicted molar refractivity (Wildman–Crippen MR) is 90.9 cm³/mol. The van der Waals surface area contributed by atoms with Crippen molar-refractivity contribution in [2.24, 2.45) is 0 Å². The van der Waals surface area contributed by atoms with Crippen LogP contribution in [-0.2, 0) is 0 Å². The Morgan fingerprint density at radius 2 is 1.35 bits per heavy atom. The van der Waals surface area contributed by atoms with Crippen LogP contribution in [0.3, 0.4) is 0 Å². The lowest BCUT2D eigenvalue weighted by Gasteiger charge is -2.22. The third-order valence-electron chi connectivity index (χ3n) is 4.11. The van der Waals surface area contributed by atoms with E-state index in [-0.39, 0.29) is 17.4 Å². The smallest absolute Gasteiger partial charge is 0.115 e. The van der Waals surface area contributed by atoms with Gasteiger partial charge in [-0.05, 0) is 72.5 Å². The van der Waals surface area contributed by atoms with E-state index in [1.807, 2.05) is 44.2 Å². The molecule has 0 aliphatic carbocycles. The lowest BCUT2D eigenvalue weighted by Crippen LogP contribution is -2.08. The first kappa shape index (κ1) is 15.1. The molecule has 3 heteroatoms. The summed E-state index contributed by atoms with van der Waals surface area (Å²) in [4.78, 5) is 4.53. The molecule has 0 saturated heterocycles. The molecular weight excluding hydrogens is 286 g/mol. The van der Waals surface area contributed by atoms with Gasteiger partial charge in [0.1, 0.15) is 11.5 Å². The van der Waals surface area contributed by atoms with Crippen LogP contribution in [0.2, 0.25) is 0 Å². The fourth-order valence-corrected chi connectivity index (χ4v) is 3.00. The third kappa shape index (κ3) is 3.04. The van der Waals surface area contributed by atoms with Crippen LogP contribution < -0.4 is 0 Å². The van der Waals surface area contributed by atoms with Crippen LogP contribution in [0.1, 0.15) is 33.9 Å². The quantitative estimate of drug-likeness (QED) is 0.759. The number of aryl methyl sites for hydroxylation is 2. The molecule has 3 nitrogen and oxygen atoms in total. The van der Waals surface area contributed by atoms with E-state index >= 15 is 0 Å². The molecule has 0 aliphatic rings. The van der Waals surface area contributed by atoms with Gasteiger partial charge in [-0.15, -0.1) is 0 Å². The molecule has 23 heavy (non-hydrogen) atoms. The maximum absolute atomic E-state index is 9.70. The highest BCUT2D eigenvalue weighted by molar-refractivity contribution is 5.49. The highest BCUT2D eigenvalue weighted by atomic mass is 16.3. The van der Waals surface area contributed by atoms with Crippen LogP contribution in [0.25, 0.3) is 0 Å². The van der Waals surface area contributed by atoms with Crippen molar-refractivity contribution in [2.75, 3.05) is 0 Å². The van der Waals surface area contributed by atoms with Gasteiger partial charge < -0.3 is 10.2 Å². The summed E-state index contributed by atoms with van der Waals surface area (Å²) in [5, 5.41) is 19.4. The monoisotopic (exact) mass is 305 g/mol. The molecule has 1 heterocycles. The molecule has 116 valence electrons. The molecule has 0 bridgehead atoms. The molecule has 2 aromatic carbocycles. The molecule has 0 spiro atoms. The van der Waals surface area contributed by atoms with E-state index < -0.39 is 0 Å². The summed E-state index contributed by atoms with van der Waals surface area (Å²) in [7, 11) is 0. The molecule has 0 atom stereocenters. The van der Waals surface area contributed by atoms with Crippen molar-refractivity contribution in [1.82, 2.24) is 4.98 Å². The summed E-state index contributed by atoms with van der Waals surface area (Å²) in [6, 6.07) is 16.7. The number of pyridine rings is 1. The van der Waals surface area contributed by atoms with Gasteiger partial charge in [0, 0.05) is 6.20 Å². The number of rotatable bonds is 3. The van der Waals surface area contributed by atoms with Crippen LogP contribution >= 0.6 is 0 Å². The Morgan fingerprint density at radius 3 is 1.78 bits per heavy atom. The van der Waals surface area contributed by atoms with Crippen molar-refractivity contribution in [3.8, 4) is 11.5 Å². The number of aromatic nitrogens is 1. The molecule has 0 radical (unpaired) electrons. The first-order valence-electron chi connectivity index (χ1n) is 7.56. The summed E-state index contributed by atoms with van der Waals surface area (Å²) in [5.74, 6) is 0.472. The second-order valence-electron chi connectivity index (χ2n) is 5.77. The normalized spacial score (nSPS) is 10.9. The fraction of sp³-hybridized carbons (Fsp3) is 0.150. The van der Waals surface area contributed by atoms with Gasteiger partial charge in [0.25, 0.3) is 0 Å². The molecule has 2 N–H and O–H groups in total. The summed E-state index contributed by atoms with van der Waals surface area (Å²) in [6.45, 7) is 3.97. The number of phenols is 2. The third-order valence-corrected chi connectivity index (χ3v) is 4.11. The fourth-order valence-electron chi connectivity index (χ4n) is 3.00. The number of nitrogens with zero attached hydrogens (tertiary/aromatic N) is 1. The van der Waals surface area contributed by atoms with E-state index in [4.69, 9.17) is 0 Å². The molecule has 0 saturated carbocycles. The lowest BCUT2D eigenvalue weighted by atomic mass is 9.83. The Bertz CT molecular complexity index is 777. The lowest BCUT2D eigenvalue weighted by molar-refractivity contribution is 0.474. The largest absolute Gasteiger partial charge is 0.508 e. The van der Waals surface area contributed by atoms with Gasteiger partial charge in [-0.2, -0.15) is 0 Å². The zero-order valence-electron chi connectivity index (χ0n) is 13.2. The second-order valence-corrected chi connectivity index (χ2v) is 5.77. The minimum Gasteiger partial charge on any atom is -0.508 e. The Kier molecular flexibility index (Phi) is 4.02. The van der Waals surface area contributed by atoms with Crippen LogP contribution in [0.5, 0.6) is 11.5 Å². The van der Waals surface area contributed by atoms with E-state index in [1.54, 1.807) is 30.5 Å². The van der Waals surface area contributed by atoms with Gasteiger partial charge in [-0.3, -0.25) is 4.98 Å². The minimum absolute atomic E-state index is 0.0441. The van der Waals surface area contributed by atoms with Gasteiger partial charge in [0.15, 0.2) is 0 Å². The summed E-state index contributed by atoms with van der Waals surface area (Å²) in [5.41, 5.74) is 5.14. The average Bonchev–Trinajstić information content (AvgIpc) is 2.52. The molecule has 0 fully saturated rings. The van der Waals surface area contributed by atoms with Crippen LogP contribution in [0.15, 0.2) is 60.8 Å². The van der Waals surface area contributed by atoms with Crippen LogP contribution in [-0.4, -0.2) is 15.2 Å². The first-order chi connectivity index (χ1) is 11.1. The van der Waals surface area contributed by atoms with Crippen LogP contribution in [0.4, 0.5) is 0 Å². The van der Waals surface area contributed by atoms with Gasteiger partial charge >= 0.3 is 0 Å². The van der Waals surface area contributed by atoms with Crippen molar-refractivity contribution >= 4 is 0 Å². The van der Waals surface area contributed by atoms with E-state index in [1.165, 1.54) is 0 Å². The van der Waals surface area contributed by atoms with Gasteiger partial charge in [0.05, 0.1) is 11.6 Å². The number of phenolic OH excluding ortho intramolecular Hbond substituents is 2. The molecule has 0 aliphatic heterocycles. The van der Waals surface area contributed by atoms with E-state index in [0.717, 1.165) is 27.9 Å². The van der Waals surface area contributed by atoms with Gasteiger partial charge in [0.2, 0.25) is 0 Å². The molecular formula is C20H19NO2. The Hall–Kier alpha value is -2.81. The maximum Gasteiger partial charge on any atom is 0.115 e. The number of benzene rings is 2. The molecule has 3 rings (SSSR count). The van der Waals surface area contributed by atoms with Crippen molar-refractivity contribution in [3.63, 3.8) is 0 Å². The zero-order valence-corrected chi connectivity index (χ0v) is 13.2. The Morgan fingerprint density at radius 1 is 0.783 bits per heavy atom. The highest BCUT2D eigenvalue weighted by Gasteiger charge is 2.21. The molecule has 0 unspecified atom stereocenters. The summed E-state index contributed by atoms with van der Waals surface area (Å²) >= 11 is 0. The predicted octanol–water partition coefficient (Wildman–Crippen LogP) is 4.29. The zero-order chi connectivity index (χ0) is 16.4. The van der Waals surface area contributed by atoms with Gasteiger partial charge in [-0.25, -0.2) is 0 Å².